The zero-order chi connectivity index (χ0) is 18.2. The standard InChI is InChI=1S/C15H12N4O5S/c1-18-9-11-7-12(8-13(19(21)22)14(11)16-18)25(23,24)17-15(20)10-5-3-2-4-6-10/h2-9H,1H3,(H,17,20). The summed E-state index contributed by atoms with van der Waals surface area (Å²) in [6, 6.07) is 9.90. The molecule has 0 aliphatic rings. The molecule has 128 valence electrons. The largest absolute Gasteiger partial charge is 0.298 e. The molecule has 0 saturated carbocycles. The van der Waals surface area contributed by atoms with Gasteiger partial charge in [-0.2, -0.15) is 5.10 Å². The van der Waals surface area contributed by atoms with Crippen molar-refractivity contribution < 1.29 is 18.1 Å². The number of hydrogen-bond acceptors (Lipinski definition) is 6. The number of amides is 1. The molecule has 0 atom stereocenters. The van der Waals surface area contributed by atoms with Crippen molar-refractivity contribution in [2.24, 2.45) is 7.05 Å². The quantitative estimate of drug-likeness (QED) is 0.556. The fourth-order valence-corrected chi connectivity index (χ4v) is 3.36. The van der Waals surface area contributed by atoms with Crippen LogP contribution in [0.15, 0.2) is 53.6 Å². The molecular weight excluding hydrogens is 348 g/mol. The van der Waals surface area contributed by atoms with E-state index in [0.29, 0.717) is 0 Å². The van der Waals surface area contributed by atoms with Gasteiger partial charge in [-0.25, -0.2) is 13.1 Å². The van der Waals surface area contributed by atoms with Crippen molar-refractivity contribution >= 4 is 32.5 Å². The number of rotatable bonds is 4. The normalized spacial score (nSPS) is 11.4. The Kier molecular flexibility index (Phi) is 3.97. The number of aryl methyl sites for hydroxylation is 1. The molecule has 0 bridgehead atoms. The molecule has 1 N–H and O–H groups in total. The van der Waals surface area contributed by atoms with E-state index in [1.165, 1.54) is 29.1 Å². The van der Waals surface area contributed by atoms with Crippen LogP contribution in [0.5, 0.6) is 0 Å². The smallest absolute Gasteiger partial charge is 0.274 e. The van der Waals surface area contributed by atoms with Crippen molar-refractivity contribution in [2.75, 3.05) is 0 Å². The van der Waals surface area contributed by atoms with Gasteiger partial charge in [0.2, 0.25) is 0 Å². The SMILES string of the molecule is Cn1cc2cc(S(=O)(=O)NC(=O)c3ccccc3)cc([N+](=O)[O-])c2n1. The zero-order valence-corrected chi connectivity index (χ0v) is 13.7. The Bertz CT molecular complexity index is 1090. The van der Waals surface area contributed by atoms with Gasteiger partial charge in [0.25, 0.3) is 21.6 Å². The number of nitrogens with one attached hydrogen (secondary N) is 1. The molecule has 1 heterocycles. The van der Waals surface area contributed by atoms with Crippen LogP contribution in [0.4, 0.5) is 5.69 Å². The first-order valence-electron chi connectivity index (χ1n) is 7.02. The van der Waals surface area contributed by atoms with Crippen LogP contribution >= 0.6 is 0 Å². The maximum atomic E-state index is 12.5. The molecule has 1 aromatic heterocycles. The lowest BCUT2D eigenvalue weighted by Gasteiger charge is -2.07. The predicted molar refractivity (Wildman–Crippen MR) is 88.5 cm³/mol. The van der Waals surface area contributed by atoms with E-state index in [1.54, 1.807) is 25.2 Å². The van der Waals surface area contributed by atoms with Crippen LogP contribution in [0, 0.1) is 10.1 Å². The number of non-ortho nitro benzene ring substituents is 1. The van der Waals surface area contributed by atoms with E-state index in [9.17, 15) is 23.3 Å². The Balaban J connectivity index is 2.05. The van der Waals surface area contributed by atoms with Gasteiger partial charge in [0.15, 0.2) is 5.52 Å². The zero-order valence-electron chi connectivity index (χ0n) is 12.9. The minimum Gasteiger partial charge on any atom is -0.274 e. The highest BCUT2D eigenvalue weighted by Crippen LogP contribution is 2.28. The minimum atomic E-state index is -4.29. The molecule has 9 nitrogen and oxygen atoms in total. The molecule has 1 amide bonds. The van der Waals surface area contributed by atoms with Crippen molar-refractivity contribution in [1.29, 1.82) is 0 Å². The van der Waals surface area contributed by atoms with E-state index in [2.05, 4.69) is 5.10 Å². The summed E-state index contributed by atoms with van der Waals surface area (Å²) in [6.07, 6.45) is 1.46. The molecule has 3 aromatic rings. The number of nitro benzene ring substituents is 1. The Labute approximate surface area is 142 Å². The van der Waals surface area contributed by atoms with Gasteiger partial charge in [-0.3, -0.25) is 19.6 Å². The van der Waals surface area contributed by atoms with Gasteiger partial charge in [-0.15, -0.1) is 0 Å². The summed E-state index contributed by atoms with van der Waals surface area (Å²) in [6.45, 7) is 0. The van der Waals surface area contributed by atoms with Gasteiger partial charge in [0.1, 0.15) is 0 Å². The first kappa shape index (κ1) is 16.6. The highest BCUT2D eigenvalue weighted by atomic mass is 32.2. The third-order valence-corrected chi connectivity index (χ3v) is 4.76. The third kappa shape index (κ3) is 3.19. The number of hydrogen-bond donors (Lipinski definition) is 1. The Morgan fingerprint density at radius 1 is 1.24 bits per heavy atom. The van der Waals surface area contributed by atoms with Crippen LogP contribution in [-0.4, -0.2) is 29.0 Å². The average molecular weight is 360 g/mol. The monoisotopic (exact) mass is 360 g/mol. The van der Waals surface area contributed by atoms with Gasteiger partial charge in [0.05, 0.1) is 9.82 Å². The molecule has 10 heteroatoms. The molecule has 0 radical (unpaired) electrons. The highest BCUT2D eigenvalue weighted by molar-refractivity contribution is 7.90. The molecule has 0 spiro atoms. The maximum absolute atomic E-state index is 12.5. The van der Waals surface area contributed by atoms with Gasteiger partial charge in [-0.05, 0) is 18.2 Å². The first-order chi connectivity index (χ1) is 11.8. The van der Waals surface area contributed by atoms with Crippen LogP contribution in [0.3, 0.4) is 0 Å². The lowest BCUT2D eigenvalue weighted by atomic mass is 10.2. The molecule has 0 fully saturated rings. The summed E-state index contributed by atoms with van der Waals surface area (Å²) in [5.41, 5.74) is -0.227. The number of sulfonamides is 1. The molecule has 2 aromatic carbocycles. The number of aromatic nitrogens is 2. The average Bonchev–Trinajstić information content (AvgIpc) is 2.94. The highest BCUT2D eigenvalue weighted by Gasteiger charge is 2.25. The lowest BCUT2D eigenvalue weighted by molar-refractivity contribution is -0.383. The van der Waals surface area contributed by atoms with Crippen LogP contribution in [0.25, 0.3) is 10.9 Å². The van der Waals surface area contributed by atoms with Crippen LogP contribution in [-0.2, 0) is 17.1 Å². The van der Waals surface area contributed by atoms with Crippen LogP contribution in [0.1, 0.15) is 10.4 Å². The summed E-state index contributed by atoms with van der Waals surface area (Å²) in [5, 5.41) is 15.5. The summed E-state index contributed by atoms with van der Waals surface area (Å²) < 4.78 is 28.2. The van der Waals surface area contributed by atoms with E-state index in [-0.39, 0.29) is 21.4 Å². The third-order valence-electron chi connectivity index (χ3n) is 3.45. The molecule has 0 aliphatic carbocycles. The molecule has 3 rings (SSSR count). The maximum Gasteiger partial charge on any atom is 0.298 e. The Morgan fingerprint density at radius 2 is 1.92 bits per heavy atom. The first-order valence-corrected chi connectivity index (χ1v) is 8.50. The Morgan fingerprint density at radius 3 is 2.56 bits per heavy atom. The molecule has 25 heavy (non-hydrogen) atoms. The number of nitro groups is 1. The lowest BCUT2D eigenvalue weighted by Crippen LogP contribution is -2.30. The van der Waals surface area contributed by atoms with E-state index >= 15 is 0 Å². The molecule has 0 aliphatic heterocycles. The summed E-state index contributed by atoms with van der Waals surface area (Å²) in [7, 11) is -2.72. The number of benzene rings is 2. The van der Waals surface area contributed by atoms with Gasteiger partial charge in [0, 0.05) is 30.3 Å². The van der Waals surface area contributed by atoms with Gasteiger partial charge in [-0.1, -0.05) is 18.2 Å². The van der Waals surface area contributed by atoms with Crippen LogP contribution < -0.4 is 4.72 Å². The van der Waals surface area contributed by atoms with Gasteiger partial charge < -0.3 is 0 Å². The topological polar surface area (TPSA) is 124 Å². The van der Waals surface area contributed by atoms with Crippen molar-refractivity contribution in [3.8, 4) is 0 Å². The number of carbonyl (C=O) groups is 1. The number of carbonyl (C=O) groups excluding carboxylic acids is 1. The number of fused-ring (bicyclic) bond motifs is 1. The molecule has 0 unspecified atom stereocenters. The van der Waals surface area contributed by atoms with E-state index in [1.807, 2.05) is 4.72 Å². The van der Waals surface area contributed by atoms with E-state index in [0.717, 1.165) is 6.07 Å². The van der Waals surface area contributed by atoms with Gasteiger partial charge >= 0.3 is 0 Å². The second-order valence-corrected chi connectivity index (χ2v) is 6.92. The summed E-state index contributed by atoms with van der Waals surface area (Å²) in [4.78, 5) is 22.2. The summed E-state index contributed by atoms with van der Waals surface area (Å²) in [5.74, 6) is -0.825. The van der Waals surface area contributed by atoms with E-state index in [4.69, 9.17) is 0 Å². The summed E-state index contributed by atoms with van der Waals surface area (Å²) >= 11 is 0. The minimum absolute atomic E-state index is 0.0702. The Hall–Kier alpha value is -3.27. The van der Waals surface area contributed by atoms with Crippen molar-refractivity contribution in [3.05, 3.63) is 64.3 Å². The van der Waals surface area contributed by atoms with E-state index < -0.39 is 26.5 Å². The van der Waals surface area contributed by atoms with Crippen molar-refractivity contribution in [2.45, 2.75) is 4.90 Å². The number of nitrogens with zero attached hydrogens (tertiary/aromatic N) is 3. The second-order valence-electron chi connectivity index (χ2n) is 5.24. The van der Waals surface area contributed by atoms with Crippen molar-refractivity contribution in [1.82, 2.24) is 14.5 Å². The fourth-order valence-electron chi connectivity index (χ4n) is 2.33. The van der Waals surface area contributed by atoms with Crippen LogP contribution in [0.2, 0.25) is 0 Å². The fraction of sp³-hybridized carbons (Fsp3) is 0.0667. The molecular formula is C15H12N4O5S. The molecule has 0 saturated heterocycles. The second kappa shape index (κ2) is 5.98. The predicted octanol–water partition coefficient (Wildman–Crippen LogP) is 1.60. The van der Waals surface area contributed by atoms with Crippen molar-refractivity contribution in [3.63, 3.8) is 0 Å².